The number of benzene rings is 6. The van der Waals surface area contributed by atoms with E-state index in [1.807, 2.05) is 12.1 Å². The lowest BCUT2D eigenvalue weighted by atomic mass is 9.71. The zero-order chi connectivity index (χ0) is 23.6. The molecule has 35 heavy (non-hydrogen) atoms. The maximum atomic E-state index is 10.2. The van der Waals surface area contributed by atoms with Crippen molar-refractivity contribution < 1.29 is 5.11 Å². The second kappa shape index (κ2) is 7.32. The smallest absolute Gasteiger partial charge is 0.116 e. The number of aromatic hydroxyl groups is 1. The summed E-state index contributed by atoms with van der Waals surface area (Å²) in [6, 6.07) is 43.1. The summed E-state index contributed by atoms with van der Waals surface area (Å²) in [5.74, 6) is 0.290. The number of phenolic OH excluding ortho intramolecular Hbond substituents is 1. The fourth-order valence-electron chi connectivity index (χ4n) is 6.13. The van der Waals surface area contributed by atoms with E-state index < -0.39 is 0 Å². The van der Waals surface area contributed by atoms with Crippen LogP contribution in [0.1, 0.15) is 23.6 Å². The van der Waals surface area contributed by atoms with E-state index in [0.29, 0.717) is 5.75 Å². The molecule has 0 heterocycles. The van der Waals surface area contributed by atoms with Crippen LogP contribution in [0.2, 0.25) is 0 Å². The molecular formula is C34H24O. The minimum atomic E-state index is -0.291. The number of hydrogen-bond donors (Lipinski definition) is 1. The number of phenols is 1. The van der Waals surface area contributed by atoms with Crippen molar-refractivity contribution in [1.29, 1.82) is 0 Å². The molecule has 0 bridgehead atoms. The molecule has 0 aromatic heterocycles. The quantitative estimate of drug-likeness (QED) is 0.281. The van der Waals surface area contributed by atoms with Crippen LogP contribution in [0.25, 0.3) is 43.8 Å². The summed E-state index contributed by atoms with van der Waals surface area (Å²) in [4.78, 5) is 0. The molecule has 0 aliphatic heterocycles. The Bertz CT molecular complexity index is 1730. The van der Waals surface area contributed by atoms with Crippen molar-refractivity contribution in [3.63, 3.8) is 0 Å². The Morgan fingerprint density at radius 2 is 1.14 bits per heavy atom. The topological polar surface area (TPSA) is 20.2 Å². The van der Waals surface area contributed by atoms with Gasteiger partial charge in [-0.2, -0.15) is 0 Å². The average molecular weight is 449 g/mol. The Balaban J connectivity index is 1.60. The van der Waals surface area contributed by atoms with Crippen LogP contribution in [0.4, 0.5) is 0 Å². The van der Waals surface area contributed by atoms with E-state index in [-0.39, 0.29) is 5.41 Å². The van der Waals surface area contributed by atoms with Gasteiger partial charge in [-0.3, -0.25) is 0 Å². The summed E-state index contributed by atoms with van der Waals surface area (Å²) in [5, 5.41) is 14.8. The molecule has 0 atom stereocenters. The second-order valence-corrected chi connectivity index (χ2v) is 9.67. The predicted molar refractivity (Wildman–Crippen MR) is 146 cm³/mol. The van der Waals surface area contributed by atoms with Gasteiger partial charge in [-0.05, 0) is 85.6 Å². The Morgan fingerprint density at radius 3 is 1.91 bits per heavy atom. The highest BCUT2D eigenvalue weighted by Gasteiger charge is 2.42. The maximum absolute atomic E-state index is 10.2. The summed E-state index contributed by atoms with van der Waals surface area (Å²) < 4.78 is 0. The van der Waals surface area contributed by atoms with Gasteiger partial charge in [0.05, 0.1) is 0 Å². The first-order valence-corrected chi connectivity index (χ1v) is 12.1. The molecule has 0 unspecified atom stereocenters. The molecule has 0 spiro atoms. The third-order valence-corrected chi connectivity index (χ3v) is 7.80. The molecule has 0 radical (unpaired) electrons. The van der Waals surface area contributed by atoms with E-state index in [1.54, 1.807) is 6.07 Å². The van der Waals surface area contributed by atoms with Gasteiger partial charge in [-0.25, -0.2) is 0 Å². The summed E-state index contributed by atoms with van der Waals surface area (Å²) in [5.41, 5.74) is 8.74. The molecule has 6 aromatic rings. The molecular weight excluding hydrogens is 424 g/mol. The molecule has 1 nitrogen and oxygen atoms in total. The normalized spacial score (nSPS) is 13.6. The highest BCUT2D eigenvalue weighted by atomic mass is 16.3. The SMILES string of the molecule is CC1(c2ccc3ccccc3c2-c2ccc3ccc(O)cc3c2)c2ccccc2-c2ccccc21. The summed E-state index contributed by atoms with van der Waals surface area (Å²) in [6.07, 6.45) is 0. The zero-order valence-electron chi connectivity index (χ0n) is 19.5. The molecule has 1 N–H and O–H groups in total. The molecule has 1 aliphatic carbocycles. The molecule has 0 amide bonds. The number of hydrogen-bond acceptors (Lipinski definition) is 1. The fourth-order valence-corrected chi connectivity index (χ4v) is 6.13. The van der Waals surface area contributed by atoms with E-state index in [0.717, 1.165) is 16.3 Å². The van der Waals surface area contributed by atoms with E-state index in [9.17, 15) is 5.11 Å². The van der Waals surface area contributed by atoms with Crippen molar-refractivity contribution in [2.75, 3.05) is 0 Å². The monoisotopic (exact) mass is 448 g/mol. The van der Waals surface area contributed by atoms with Gasteiger partial charge in [-0.15, -0.1) is 0 Å². The van der Waals surface area contributed by atoms with Gasteiger partial charge < -0.3 is 5.11 Å². The summed E-state index contributed by atoms with van der Waals surface area (Å²) in [6.45, 7) is 2.37. The van der Waals surface area contributed by atoms with Crippen LogP contribution < -0.4 is 0 Å². The largest absolute Gasteiger partial charge is 0.508 e. The molecule has 0 saturated carbocycles. The van der Waals surface area contributed by atoms with E-state index >= 15 is 0 Å². The van der Waals surface area contributed by atoms with E-state index in [2.05, 4.69) is 110 Å². The van der Waals surface area contributed by atoms with Crippen LogP contribution in [-0.4, -0.2) is 5.11 Å². The van der Waals surface area contributed by atoms with Crippen LogP contribution in [0.5, 0.6) is 5.75 Å². The third kappa shape index (κ3) is 2.82. The van der Waals surface area contributed by atoms with Crippen LogP contribution >= 0.6 is 0 Å². The van der Waals surface area contributed by atoms with Crippen LogP contribution in [0.15, 0.2) is 121 Å². The molecule has 0 fully saturated rings. The standard InChI is InChI=1S/C34H24O/c1-34(30-12-6-4-10-28(30)29-11-5-7-13-31(29)34)32-19-17-23-8-2-3-9-27(23)33(32)24-15-14-22-16-18-26(35)21-25(22)20-24/h2-21,35H,1H3. The molecule has 1 aliphatic rings. The lowest BCUT2D eigenvalue weighted by Gasteiger charge is -2.31. The number of fused-ring (bicyclic) bond motifs is 5. The average Bonchev–Trinajstić information content (AvgIpc) is 3.17. The first kappa shape index (κ1) is 20.1. The maximum Gasteiger partial charge on any atom is 0.116 e. The van der Waals surface area contributed by atoms with Crippen molar-refractivity contribution in [2.45, 2.75) is 12.3 Å². The van der Waals surface area contributed by atoms with Crippen molar-refractivity contribution in [3.8, 4) is 28.0 Å². The first-order chi connectivity index (χ1) is 17.1. The summed E-state index contributed by atoms with van der Waals surface area (Å²) >= 11 is 0. The van der Waals surface area contributed by atoms with Gasteiger partial charge in [0.1, 0.15) is 5.75 Å². The minimum absolute atomic E-state index is 0.290. The highest BCUT2D eigenvalue weighted by molar-refractivity contribution is 6.02. The number of rotatable bonds is 2. The van der Waals surface area contributed by atoms with E-state index in [4.69, 9.17) is 0 Å². The van der Waals surface area contributed by atoms with Crippen molar-refractivity contribution in [2.24, 2.45) is 0 Å². The van der Waals surface area contributed by atoms with Crippen LogP contribution in [-0.2, 0) is 5.41 Å². The molecule has 0 saturated heterocycles. The predicted octanol–water partition coefficient (Wildman–Crippen LogP) is 8.70. The molecule has 6 aromatic carbocycles. The lowest BCUT2D eigenvalue weighted by Crippen LogP contribution is -2.23. The van der Waals surface area contributed by atoms with Gasteiger partial charge in [0.15, 0.2) is 0 Å². The highest BCUT2D eigenvalue weighted by Crippen LogP contribution is 2.55. The van der Waals surface area contributed by atoms with Crippen LogP contribution in [0.3, 0.4) is 0 Å². The van der Waals surface area contributed by atoms with Crippen molar-refractivity contribution in [3.05, 3.63) is 138 Å². The molecule has 7 rings (SSSR count). The summed E-state index contributed by atoms with van der Waals surface area (Å²) in [7, 11) is 0. The fraction of sp³-hybridized carbons (Fsp3) is 0.0588. The Morgan fingerprint density at radius 1 is 0.514 bits per heavy atom. The molecule has 166 valence electrons. The zero-order valence-corrected chi connectivity index (χ0v) is 19.5. The molecule has 1 heteroatoms. The Hall–Kier alpha value is -4.36. The Kier molecular flexibility index (Phi) is 4.19. The van der Waals surface area contributed by atoms with E-state index in [1.165, 1.54) is 44.2 Å². The lowest BCUT2D eigenvalue weighted by molar-refractivity contribution is 0.476. The van der Waals surface area contributed by atoms with Crippen LogP contribution in [0, 0.1) is 0 Å². The van der Waals surface area contributed by atoms with Crippen molar-refractivity contribution >= 4 is 21.5 Å². The van der Waals surface area contributed by atoms with Gasteiger partial charge in [-0.1, -0.05) is 103 Å². The van der Waals surface area contributed by atoms with Gasteiger partial charge >= 0.3 is 0 Å². The Labute approximate surface area is 204 Å². The second-order valence-electron chi connectivity index (χ2n) is 9.67. The van der Waals surface area contributed by atoms with Crippen molar-refractivity contribution in [1.82, 2.24) is 0 Å². The first-order valence-electron chi connectivity index (χ1n) is 12.1. The van der Waals surface area contributed by atoms with Gasteiger partial charge in [0.2, 0.25) is 0 Å². The minimum Gasteiger partial charge on any atom is -0.508 e. The van der Waals surface area contributed by atoms with Gasteiger partial charge in [0.25, 0.3) is 0 Å². The van der Waals surface area contributed by atoms with Gasteiger partial charge in [0, 0.05) is 5.41 Å². The third-order valence-electron chi connectivity index (χ3n) is 7.80.